The maximum absolute atomic E-state index is 12.2. The maximum Gasteiger partial charge on any atom is 0.271 e. The molecule has 0 aliphatic carbocycles. The molecular weight excluding hydrogens is 296 g/mol. The minimum absolute atomic E-state index is 0.0695. The van der Waals surface area contributed by atoms with Crippen LogP contribution in [0.3, 0.4) is 0 Å². The number of hydrogen-bond donors (Lipinski definition) is 1. The lowest BCUT2D eigenvalue weighted by atomic mass is 9.97. The van der Waals surface area contributed by atoms with Crippen molar-refractivity contribution in [3.05, 3.63) is 80.3 Å². The lowest BCUT2D eigenvalue weighted by Crippen LogP contribution is -2.19. The zero-order valence-corrected chi connectivity index (χ0v) is 11.8. The predicted molar refractivity (Wildman–Crippen MR) is 82.9 cm³/mol. The van der Waals surface area contributed by atoms with Crippen LogP contribution >= 0.6 is 0 Å². The van der Waals surface area contributed by atoms with Crippen LogP contribution in [0, 0.1) is 21.4 Å². The Morgan fingerprint density at radius 1 is 1.22 bits per heavy atom. The zero-order valence-electron chi connectivity index (χ0n) is 11.8. The van der Waals surface area contributed by atoms with E-state index in [1.54, 1.807) is 24.3 Å². The maximum atomic E-state index is 12.2. The van der Waals surface area contributed by atoms with Gasteiger partial charge in [-0.05, 0) is 11.6 Å². The summed E-state index contributed by atoms with van der Waals surface area (Å²) in [6.07, 6.45) is 0. The Morgan fingerprint density at radius 2 is 1.96 bits per heavy atom. The smallest absolute Gasteiger partial charge is 0.271 e. The second kappa shape index (κ2) is 5.69. The number of H-pyrrole nitrogens is 1. The average molecular weight is 306 g/mol. The van der Waals surface area contributed by atoms with Gasteiger partial charge in [-0.1, -0.05) is 30.3 Å². The van der Waals surface area contributed by atoms with Crippen LogP contribution in [0.1, 0.15) is 17.2 Å². The van der Waals surface area contributed by atoms with E-state index in [0.717, 1.165) is 0 Å². The second-order valence-electron chi connectivity index (χ2n) is 4.88. The van der Waals surface area contributed by atoms with E-state index in [-0.39, 0.29) is 16.9 Å². The van der Waals surface area contributed by atoms with E-state index in [1.165, 1.54) is 18.2 Å². The van der Waals surface area contributed by atoms with E-state index in [2.05, 4.69) is 16.0 Å². The number of nitrogens with zero attached hydrogens (tertiary/aromatic N) is 3. The van der Waals surface area contributed by atoms with Gasteiger partial charge in [-0.2, -0.15) is 5.26 Å². The van der Waals surface area contributed by atoms with Crippen molar-refractivity contribution in [3.63, 3.8) is 0 Å². The largest absolute Gasteiger partial charge is 0.319 e. The Balaban J connectivity index is 2.17. The Bertz CT molecular complexity index is 990. The van der Waals surface area contributed by atoms with Crippen LogP contribution < -0.4 is 5.56 Å². The summed E-state index contributed by atoms with van der Waals surface area (Å²) in [6.45, 7) is 0. The topological polar surface area (TPSA) is 113 Å². The summed E-state index contributed by atoms with van der Waals surface area (Å²) >= 11 is 0. The van der Waals surface area contributed by atoms with E-state index in [1.807, 2.05) is 6.07 Å². The number of aromatic nitrogens is 2. The normalized spacial score (nSPS) is 11.8. The fourth-order valence-corrected chi connectivity index (χ4v) is 2.34. The van der Waals surface area contributed by atoms with Gasteiger partial charge in [0, 0.05) is 12.1 Å². The first kappa shape index (κ1) is 14.4. The van der Waals surface area contributed by atoms with Crippen molar-refractivity contribution < 1.29 is 4.92 Å². The molecule has 1 heterocycles. The van der Waals surface area contributed by atoms with Crippen LogP contribution in [0.5, 0.6) is 0 Å². The molecule has 0 aliphatic heterocycles. The van der Waals surface area contributed by atoms with Gasteiger partial charge >= 0.3 is 0 Å². The van der Waals surface area contributed by atoms with Crippen LogP contribution in [0.15, 0.2) is 53.3 Å². The van der Waals surface area contributed by atoms with Gasteiger partial charge in [-0.15, -0.1) is 0 Å². The molecule has 23 heavy (non-hydrogen) atoms. The number of nitro benzene ring substituents is 1. The van der Waals surface area contributed by atoms with Gasteiger partial charge in [0.1, 0.15) is 11.6 Å². The summed E-state index contributed by atoms with van der Waals surface area (Å²) < 4.78 is 0. The molecule has 0 aliphatic rings. The minimum atomic E-state index is -0.806. The Kier molecular flexibility index (Phi) is 3.57. The zero-order chi connectivity index (χ0) is 16.4. The molecule has 0 radical (unpaired) electrons. The third-order valence-electron chi connectivity index (χ3n) is 3.45. The summed E-state index contributed by atoms with van der Waals surface area (Å²) in [6, 6.07) is 14.9. The summed E-state index contributed by atoms with van der Waals surface area (Å²) in [5.41, 5.74) is 0.712. The minimum Gasteiger partial charge on any atom is -0.319 e. The van der Waals surface area contributed by atoms with E-state index >= 15 is 0 Å². The van der Waals surface area contributed by atoms with Crippen LogP contribution in [0.25, 0.3) is 11.0 Å². The molecular formula is C16H10N4O3. The molecule has 0 saturated carbocycles. The van der Waals surface area contributed by atoms with Crippen molar-refractivity contribution in [1.29, 1.82) is 5.26 Å². The molecule has 3 rings (SSSR count). The molecule has 0 amide bonds. The predicted octanol–water partition coefficient (Wildman–Crippen LogP) is 2.49. The molecule has 3 aromatic rings. The summed E-state index contributed by atoms with van der Waals surface area (Å²) in [4.78, 5) is 29.3. The standard InChI is InChI=1S/C16H10N4O3/c17-9-12(10-4-2-1-3-5-10)15-16(21)19-14-8-11(20(22)23)6-7-13(14)18-15/h1-8,12H,(H,19,21)/t12-/m1/s1. The van der Waals surface area contributed by atoms with Crippen molar-refractivity contribution in [2.75, 3.05) is 0 Å². The van der Waals surface area contributed by atoms with Gasteiger partial charge in [0.25, 0.3) is 11.2 Å². The molecule has 0 unspecified atom stereocenters. The molecule has 0 fully saturated rings. The highest BCUT2D eigenvalue weighted by Gasteiger charge is 2.20. The first-order valence-corrected chi connectivity index (χ1v) is 6.73. The molecule has 7 heteroatoms. The van der Waals surface area contributed by atoms with Crippen molar-refractivity contribution in [1.82, 2.24) is 9.97 Å². The molecule has 112 valence electrons. The average Bonchev–Trinajstić information content (AvgIpc) is 2.56. The Hall–Kier alpha value is -3.53. The first-order valence-electron chi connectivity index (χ1n) is 6.73. The van der Waals surface area contributed by atoms with Gasteiger partial charge in [0.05, 0.1) is 22.0 Å². The SMILES string of the molecule is N#C[C@H](c1ccccc1)c1nc2ccc([N+](=O)[O-])cc2[nH]c1=O. The molecule has 0 bridgehead atoms. The Labute approximate surface area is 130 Å². The highest BCUT2D eigenvalue weighted by atomic mass is 16.6. The molecule has 2 aromatic carbocycles. The van der Waals surface area contributed by atoms with Crippen molar-refractivity contribution in [3.8, 4) is 6.07 Å². The molecule has 1 atom stereocenters. The van der Waals surface area contributed by atoms with E-state index in [4.69, 9.17) is 0 Å². The molecule has 0 spiro atoms. The van der Waals surface area contributed by atoms with Crippen molar-refractivity contribution in [2.24, 2.45) is 0 Å². The van der Waals surface area contributed by atoms with Crippen LogP contribution in [-0.4, -0.2) is 14.9 Å². The number of nitriles is 1. The highest BCUT2D eigenvalue weighted by molar-refractivity contribution is 5.77. The van der Waals surface area contributed by atoms with Gasteiger partial charge < -0.3 is 4.98 Å². The van der Waals surface area contributed by atoms with Gasteiger partial charge in [-0.25, -0.2) is 4.98 Å². The Morgan fingerprint density at radius 3 is 2.61 bits per heavy atom. The number of hydrogen-bond acceptors (Lipinski definition) is 5. The van der Waals surface area contributed by atoms with Crippen molar-refractivity contribution in [2.45, 2.75) is 5.92 Å². The monoisotopic (exact) mass is 306 g/mol. The first-order chi connectivity index (χ1) is 11.1. The van der Waals surface area contributed by atoms with E-state index < -0.39 is 16.4 Å². The quantitative estimate of drug-likeness (QED) is 0.590. The number of nitro groups is 1. The van der Waals surface area contributed by atoms with Crippen LogP contribution in [0.4, 0.5) is 5.69 Å². The second-order valence-corrected chi connectivity index (χ2v) is 4.88. The lowest BCUT2D eigenvalue weighted by molar-refractivity contribution is -0.384. The van der Waals surface area contributed by atoms with E-state index in [0.29, 0.717) is 11.1 Å². The molecule has 7 nitrogen and oxygen atoms in total. The number of aromatic amines is 1. The molecule has 1 N–H and O–H groups in total. The highest BCUT2D eigenvalue weighted by Crippen LogP contribution is 2.22. The number of rotatable bonds is 3. The molecule has 0 saturated heterocycles. The van der Waals surface area contributed by atoms with E-state index in [9.17, 15) is 20.2 Å². The van der Waals surface area contributed by atoms with Crippen LogP contribution in [-0.2, 0) is 0 Å². The summed E-state index contributed by atoms with van der Waals surface area (Å²) in [7, 11) is 0. The van der Waals surface area contributed by atoms with Crippen molar-refractivity contribution >= 4 is 16.7 Å². The third-order valence-corrected chi connectivity index (χ3v) is 3.45. The fraction of sp³-hybridized carbons (Fsp3) is 0.0625. The summed E-state index contributed by atoms with van der Waals surface area (Å²) in [5, 5.41) is 20.2. The number of benzene rings is 2. The van der Waals surface area contributed by atoms with Gasteiger partial charge in [-0.3, -0.25) is 14.9 Å². The number of nitrogens with one attached hydrogen (secondary N) is 1. The lowest BCUT2D eigenvalue weighted by Gasteiger charge is -2.09. The van der Waals surface area contributed by atoms with Gasteiger partial charge in [0.15, 0.2) is 0 Å². The number of fused-ring (bicyclic) bond motifs is 1. The van der Waals surface area contributed by atoms with Crippen LogP contribution in [0.2, 0.25) is 0 Å². The molecule has 1 aromatic heterocycles. The third kappa shape index (κ3) is 2.65. The number of non-ortho nitro benzene ring substituents is 1. The summed E-state index contributed by atoms with van der Waals surface area (Å²) in [5.74, 6) is -0.806. The van der Waals surface area contributed by atoms with Gasteiger partial charge in [0.2, 0.25) is 0 Å². The fourth-order valence-electron chi connectivity index (χ4n) is 2.34.